The van der Waals surface area contributed by atoms with Crippen molar-refractivity contribution in [1.29, 1.82) is 0 Å². The zero-order chi connectivity index (χ0) is 28.5. The second kappa shape index (κ2) is 10.9. The normalized spacial score (nSPS) is 11.9. The summed E-state index contributed by atoms with van der Waals surface area (Å²) in [6.45, 7) is 12.9. The van der Waals surface area contributed by atoms with Crippen LogP contribution in [0.4, 0.5) is 0 Å². The predicted octanol–water partition coefficient (Wildman–Crippen LogP) is 9.32. The van der Waals surface area contributed by atoms with Gasteiger partial charge in [0, 0.05) is 33.3 Å². The fraction of sp³-hybridized carbons (Fsp3) is 0.229. The summed E-state index contributed by atoms with van der Waals surface area (Å²) in [4.78, 5) is 15.7. The summed E-state index contributed by atoms with van der Waals surface area (Å²) in [5.74, 6) is 0.257. The molecule has 0 unspecified atom stereocenters. The Balaban J connectivity index is 1.70. The third-order valence-electron chi connectivity index (χ3n) is 6.85. The van der Waals surface area contributed by atoms with Gasteiger partial charge in [-0.15, -0.1) is 0 Å². The summed E-state index contributed by atoms with van der Waals surface area (Å²) >= 11 is 1.61. The van der Waals surface area contributed by atoms with Crippen molar-refractivity contribution in [1.82, 2.24) is 15.0 Å². The quantitative estimate of drug-likeness (QED) is 0.238. The summed E-state index contributed by atoms with van der Waals surface area (Å²) < 4.78 is 0. The van der Waals surface area contributed by atoms with E-state index in [4.69, 9.17) is 9.97 Å². The first-order valence-electron chi connectivity index (χ1n) is 13.5. The summed E-state index contributed by atoms with van der Waals surface area (Å²) in [7, 11) is 0. The van der Waals surface area contributed by atoms with E-state index in [1.807, 2.05) is 42.5 Å². The van der Waals surface area contributed by atoms with Crippen LogP contribution < -0.4 is 0 Å². The fourth-order valence-corrected chi connectivity index (χ4v) is 5.43. The van der Waals surface area contributed by atoms with Crippen LogP contribution in [-0.4, -0.2) is 20.1 Å². The van der Waals surface area contributed by atoms with Crippen LogP contribution in [0.5, 0.6) is 5.75 Å². The molecular weight excluding hydrogens is 510 g/mol. The Morgan fingerprint density at radius 2 is 1.40 bits per heavy atom. The summed E-state index contributed by atoms with van der Waals surface area (Å²) in [5.41, 5.74) is 6.57. The second-order valence-corrected chi connectivity index (χ2v) is 13.1. The Bertz CT molecular complexity index is 1640. The first-order chi connectivity index (χ1) is 19.0. The average Bonchev–Trinajstić information content (AvgIpc) is 2.93. The largest absolute Gasteiger partial charge is 0.507 e. The van der Waals surface area contributed by atoms with Crippen LogP contribution >= 0.6 is 11.8 Å². The van der Waals surface area contributed by atoms with Crippen molar-refractivity contribution in [3.63, 3.8) is 0 Å². The monoisotopic (exact) mass is 545 g/mol. The highest BCUT2D eigenvalue weighted by Gasteiger charge is 2.26. The first-order valence-corrected chi connectivity index (χ1v) is 14.3. The lowest BCUT2D eigenvalue weighted by Gasteiger charge is -2.27. The highest BCUT2D eigenvalue weighted by atomic mass is 32.2. The number of rotatable bonds is 5. The molecule has 40 heavy (non-hydrogen) atoms. The highest BCUT2D eigenvalue weighted by Crippen LogP contribution is 2.42. The van der Waals surface area contributed by atoms with Crippen LogP contribution in [0, 0.1) is 0 Å². The second-order valence-electron chi connectivity index (χ2n) is 12.0. The SMILES string of the molecule is CC(C)(C)c1cc(-c2cnc(-c3ccccc3)c(-c3cccc(Sc4ccccn4)c3)n2)c(O)c(C(C)(C)C)c1. The molecule has 0 aliphatic rings. The van der Waals surface area contributed by atoms with Crippen molar-refractivity contribution < 1.29 is 5.11 Å². The van der Waals surface area contributed by atoms with Crippen molar-refractivity contribution >= 4 is 11.8 Å². The highest BCUT2D eigenvalue weighted by molar-refractivity contribution is 7.99. The van der Waals surface area contributed by atoms with Gasteiger partial charge < -0.3 is 5.11 Å². The summed E-state index contributed by atoms with van der Waals surface area (Å²) in [5, 5.41) is 12.5. The molecule has 0 saturated carbocycles. The predicted molar refractivity (Wildman–Crippen MR) is 166 cm³/mol. The van der Waals surface area contributed by atoms with Gasteiger partial charge in [-0.3, -0.25) is 4.98 Å². The van der Waals surface area contributed by atoms with Crippen LogP contribution in [0.2, 0.25) is 0 Å². The molecule has 4 nitrogen and oxygen atoms in total. The minimum Gasteiger partial charge on any atom is -0.507 e. The average molecular weight is 546 g/mol. The van der Waals surface area contributed by atoms with E-state index in [9.17, 15) is 5.11 Å². The number of nitrogens with zero attached hydrogens (tertiary/aromatic N) is 3. The van der Waals surface area contributed by atoms with Gasteiger partial charge in [0.1, 0.15) is 10.8 Å². The minimum absolute atomic E-state index is 0.0975. The molecule has 5 rings (SSSR count). The van der Waals surface area contributed by atoms with Gasteiger partial charge in [0.15, 0.2) is 0 Å². The number of phenolic OH excluding ortho intramolecular Hbond substituents is 1. The lowest BCUT2D eigenvalue weighted by Crippen LogP contribution is -2.17. The molecule has 0 fully saturated rings. The van der Waals surface area contributed by atoms with Crippen LogP contribution in [0.1, 0.15) is 52.7 Å². The standard InChI is InChI=1S/C35H35N3OS/c1-34(2,3)25-20-27(33(39)28(21-25)35(4,5)6)29-22-37-31(23-13-8-7-9-14-23)32(38-29)24-15-12-16-26(19-24)40-30-17-10-11-18-36-30/h7-22,39H,1-6H3. The fourth-order valence-electron chi connectivity index (χ4n) is 4.60. The van der Waals surface area contributed by atoms with Crippen LogP contribution in [0.15, 0.2) is 107 Å². The van der Waals surface area contributed by atoms with Crippen molar-refractivity contribution in [2.24, 2.45) is 0 Å². The van der Waals surface area contributed by atoms with Crippen LogP contribution in [0.25, 0.3) is 33.8 Å². The van der Waals surface area contributed by atoms with E-state index in [1.54, 1.807) is 24.2 Å². The van der Waals surface area contributed by atoms with Crippen LogP contribution in [-0.2, 0) is 10.8 Å². The van der Waals surface area contributed by atoms with Crippen molar-refractivity contribution in [3.05, 3.63) is 108 Å². The first kappa shape index (κ1) is 27.6. The van der Waals surface area contributed by atoms with Crippen molar-refractivity contribution in [2.75, 3.05) is 0 Å². The van der Waals surface area contributed by atoms with Crippen LogP contribution in [0.3, 0.4) is 0 Å². The van der Waals surface area contributed by atoms with E-state index in [0.717, 1.165) is 43.6 Å². The third-order valence-corrected chi connectivity index (χ3v) is 7.79. The molecule has 0 radical (unpaired) electrons. The van der Waals surface area contributed by atoms with Gasteiger partial charge in [-0.05, 0) is 46.7 Å². The van der Waals surface area contributed by atoms with E-state index < -0.39 is 0 Å². The lowest BCUT2D eigenvalue weighted by molar-refractivity contribution is 0.446. The molecule has 2 aromatic heterocycles. The van der Waals surface area contributed by atoms with Gasteiger partial charge in [-0.1, -0.05) is 108 Å². The van der Waals surface area contributed by atoms with Crippen molar-refractivity contribution in [2.45, 2.75) is 62.3 Å². The number of pyridine rings is 1. The number of benzene rings is 3. The Kier molecular flexibility index (Phi) is 7.52. The van der Waals surface area contributed by atoms with E-state index in [0.29, 0.717) is 11.3 Å². The molecule has 0 saturated heterocycles. The molecule has 0 atom stereocenters. The Labute approximate surface area is 241 Å². The van der Waals surface area contributed by atoms with Gasteiger partial charge >= 0.3 is 0 Å². The number of aromatic nitrogens is 3. The molecular formula is C35H35N3OS. The molecule has 0 bridgehead atoms. The minimum atomic E-state index is -0.239. The molecule has 202 valence electrons. The number of aromatic hydroxyl groups is 1. The molecule has 0 aliphatic heterocycles. The zero-order valence-corrected chi connectivity index (χ0v) is 24.8. The van der Waals surface area contributed by atoms with E-state index in [-0.39, 0.29) is 16.6 Å². The van der Waals surface area contributed by atoms with Gasteiger partial charge in [0.05, 0.1) is 23.3 Å². The molecule has 1 N–H and O–H groups in total. The molecule has 0 amide bonds. The number of hydrogen-bond donors (Lipinski definition) is 1. The molecule has 3 aromatic carbocycles. The Hall–Kier alpha value is -3.96. The van der Waals surface area contributed by atoms with E-state index >= 15 is 0 Å². The Morgan fingerprint density at radius 1 is 0.675 bits per heavy atom. The van der Waals surface area contributed by atoms with E-state index in [1.165, 1.54) is 0 Å². The number of phenols is 1. The molecule has 0 aliphatic carbocycles. The Morgan fingerprint density at radius 3 is 2.08 bits per heavy atom. The van der Waals surface area contributed by atoms with Gasteiger partial charge in [0.2, 0.25) is 0 Å². The topological polar surface area (TPSA) is 58.9 Å². The molecule has 5 heteroatoms. The summed E-state index contributed by atoms with van der Waals surface area (Å²) in [6.07, 6.45) is 3.59. The van der Waals surface area contributed by atoms with Crippen molar-refractivity contribution in [3.8, 4) is 39.5 Å². The maximum Gasteiger partial charge on any atom is 0.128 e. The van der Waals surface area contributed by atoms with Gasteiger partial charge in [-0.25, -0.2) is 9.97 Å². The number of hydrogen-bond acceptors (Lipinski definition) is 5. The van der Waals surface area contributed by atoms with Gasteiger partial charge in [-0.2, -0.15) is 0 Å². The lowest BCUT2D eigenvalue weighted by atomic mass is 9.78. The molecule has 2 heterocycles. The maximum absolute atomic E-state index is 11.5. The third kappa shape index (κ3) is 5.95. The van der Waals surface area contributed by atoms with E-state index in [2.05, 4.69) is 89.0 Å². The molecule has 5 aromatic rings. The zero-order valence-electron chi connectivity index (χ0n) is 23.9. The van der Waals surface area contributed by atoms with Gasteiger partial charge in [0.25, 0.3) is 0 Å². The smallest absolute Gasteiger partial charge is 0.128 e. The summed E-state index contributed by atoms with van der Waals surface area (Å²) in [6, 6.07) is 28.5. The maximum atomic E-state index is 11.5. The molecule has 0 spiro atoms.